The van der Waals surface area contributed by atoms with Gasteiger partial charge >= 0.3 is 5.97 Å². The van der Waals surface area contributed by atoms with E-state index in [0.29, 0.717) is 6.42 Å². The van der Waals surface area contributed by atoms with E-state index in [9.17, 15) is 9.90 Å². The fourth-order valence-electron chi connectivity index (χ4n) is 1.57. The molecular weight excluding hydrogens is 168 g/mol. The summed E-state index contributed by atoms with van der Waals surface area (Å²) in [4.78, 5) is 10.7. The van der Waals surface area contributed by atoms with Gasteiger partial charge in [0.15, 0.2) is 0 Å². The Hall–Kier alpha value is -0.830. The fourth-order valence-corrected chi connectivity index (χ4v) is 1.57. The molecule has 0 aromatic heterocycles. The lowest BCUT2D eigenvalue weighted by Gasteiger charge is -2.29. The molecule has 0 saturated heterocycles. The number of carbonyl (C=O) groups is 1. The van der Waals surface area contributed by atoms with Crippen LogP contribution in [-0.4, -0.2) is 21.8 Å². The largest absolute Gasteiger partial charge is 0.481 e. The van der Waals surface area contributed by atoms with Crippen LogP contribution >= 0.6 is 0 Å². The molecule has 2 unspecified atom stereocenters. The predicted molar refractivity (Wildman–Crippen MR) is 51.4 cm³/mol. The van der Waals surface area contributed by atoms with Crippen molar-refractivity contribution in [2.45, 2.75) is 32.8 Å². The minimum atomic E-state index is -1.21. The summed E-state index contributed by atoms with van der Waals surface area (Å²) in [5, 5.41) is 18.7. The van der Waals surface area contributed by atoms with Gasteiger partial charge in [0, 0.05) is 0 Å². The van der Waals surface area contributed by atoms with Crippen molar-refractivity contribution in [3.63, 3.8) is 0 Å². The maximum atomic E-state index is 10.7. The van der Waals surface area contributed by atoms with E-state index in [-0.39, 0.29) is 5.92 Å². The van der Waals surface area contributed by atoms with Gasteiger partial charge in [0.05, 0.1) is 5.60 Å². The molecule has 3 nitrogen and oxygen atoms in total. The van der Waals surface area contributed by atoms with Crippen molar-refractivity contribution in [2.24, 2.45) is 11.8 Å². The van der Waals surface area contributed by atoms with Crippen molar-refractivity contribution < 1.29 is 15.0 Å². The fraction of sp³-hybridized carbons (Fsp3) is 0.700. The van der Waals surface area contributed by atoms with E-state index in [1.54, 1.807) is 0 Å². The Bertz CT molecular complexity index is 194. The Morgan fingerprint density at radius 2 is 2.08 bits per heavy atom. The molecule has 0 aliphatic carbocycles. The van der Waals surface area contributed by atoms with Gasteiger partial charge in [-0.3, -0.25) is 4.79 Å². The third-order valence-electron chi connectivity index (χ3n) is 1.99. The lowest BCUT2D eigenvalue weighted by atomic mass is 9.82. The molecule has 0 fully saturated rings. The number of hydrogen-bond acceptors (Lipinski definition) is 2. The van der Waals surface area contributed by atoms with Crippen LogP contribution in [0.1, 0.15) is 27.2 Å². The second-order valence-corrected chi connectivity index (χ2v) is 4.01. The van der Waals surface area contributed by atoms with Crippen molar-refractivity contribution >= 4 is 5.97 Å². The van der Waals surface area contributed by atoms with Crippen LogP contribution in [0, 0.1) is 11.8 Å². The molecule has 2 N–H and O–H groups in total. The van der Waals surface area contributed by atoms with Gasteiger partial charge in [0.25, 0.3) is 0 Å². The quantitative estimate of drug-likeness (QED) is 0.642. The maximum Gasteiger partial charge on any atom is 0.313 e. The summed E-state index contributed by atoms with van der Waals surface area (Å²) in [7, 11) is 0. The van der Waals surface area contributed by atoms with Crippen molar-refractivity contribution in [1.82, 2.24) is 0 Å². The highest BCUT2D eigenvalue weighted by atomic mass is 16.4. The van der Waals surface area contributed by atoms with E-state index in [4.69, 9.17) is 5.11 Å². The van der Waals surface area contributed by atoms with Crippen LogP contribution < -0.4 is 0 Å². The third-order valence-corrected chi connectivity index (χ3v) is 1.99. The molecule has 0 spiro atoms. The Labute approximate surface area is 79.1 Å². The number of carboxylic acids is 1. The summed E-state index contributed by atoms with van der Waals surface area (Å²) < 4.78 is 0. The molecular formula is C10H18O3. The Morgan fingerprint density at radius 1 is 1.62 bits per heavy atom. The molecule has 0 aliphatic heterocycles. The zero-order chi connectivity index (χ0) is 10.6. The third kappa shape index (κ3) is 3.59. The number of aliphatic carboxylic acids is 1. The smallest absolute Gasteiger partial charge is 0.313 e. The molecule has 0 aromatic rings. The molecule has 2 atom stereocenters. The molecule has 76 valence electrons. The summed E-state index contributed by atoms with van der Waals surface area (Å²) in [6.45, 7) is 8.83. The minimum Gasteiger partial charge on any atom is -0.481 e. The van der Waals surface area contributed by atoms with Gasteiger partial charge in [-0.25, -0.2) is 0 Å². The summed E-state index contributed by atoms with van der Waals surface area (Å²) in [6.07, 6.45) is 1.74. The van der Waals surface area contributed by atoms with E-state index >= 15 is 0 Å². The van der Waals surface area contributed by atoms with E-state index in [1.807, 2.05) is 13.8 Å². The molecule has 0 rings (SSSR count). The van der Waals surface area contributed by atoms with Crippen LogP contribution in [-0.2, 0) is 4.79 Å². The first-order valence-corrected chi connectivity index (χ1v) is 4.39. The van der Waals surface area contributed by atoms with E-state index in [0.717, 1.165) is 0 Å². The molecule has 13 heavy (non-hydrogen) atoms. The van der Waals surface area contributed by atoms with Crippen LogP contribution in [0.3, 0.4) is 0 Å². The normalized spacial score (nSPS) is 17.9. The molecule has 0 saturated carbocycles. The molecule has 0 amide bonds. The first-order valence-electron chi connectivity index (χ1n) is 4.39. The van der Waals surface area contributed by atoms with Crippen LogP contribution in [0.4, 0.5) is 0 Å². The van der Waals surface area contributed by atoms with Crippen LogP contribution in [0.25, 0.3) is 0 Å². The molecule has 0 radical (unpaired) electrons. The average molecular weight is 186 g/mol. The monoisotopic (exact) mass is 186 g/mol. The van der Waals surface area contributed by atoms with Crippen LogP contribution in [0.2, 0.25) is 0 Å². The maximum absolute atomic E-state index is 10.7. The Balaban J connectivity index is 4.56. The second kappa shape index (κ2) is 4.42. The molecule has 0 bridgehead atoms. The average Bonchev–Trinajstić information content (AvgIpc) is 1.82. The topological polar surface area (TPSA) is 57.5 Å². The number of carboxylic acid groups (broad SMARTS) is 1. The second-order valence-electron chi connectivity index (χ2n) is 4.01. The van der Waals surface area contributed by atoms with Crippen molar-refractivity contribution in [2.75, 3.05) is 0 Å². The van der Waals surface area contributed by atoms with Crippen molar-refractivity contribution in [1.29, 1.82) is 0 Å². The zero-order valence-corrected chi connectivity index (χ0v) is 8.45. The van der Waals surface area contributed by atoms with Gasteiger partial charge in [-0.05, 0) is 19.3 Å². The number of hydrogen-bond donors (Lipinski definition) is 2. The highest BCUT2D eigenvalue weighted by molar-refractivity contribution is 5.73. The van der Waals surface area contributed by atoms with Gasteiger partial charge in [0.2, 0.25) is 0 Å². The summed E-state index contributed by atoms with van der Waals surface area (Å²) in [5.74, 6) is -1.66. The summed E-state index contributed by atoms with van der Waals surface area (Å²) in [5.41, 5.74) is -1.21. The number of aliphatic hydroxyl groups is 1. The van der Waals surface area contributed by atoms with Crippen LogP contribution in [0.5, 0.6) is 0 Å². The van der Waals surface area contributed by atoms with E-state index in [2.05, 4.69) is 6.58 Å². The minimum absolute atomic E-state index is 0.261. The van der Waals surface area contributed by atoms with Gasteiger partial charge in [0.1, 0.15) is 5.92 Å². The van der Waals surface area contributed by atoms with Crippen LogP contribution in [0.15, 0.2) is 12.7 Å². The van der Waals surface area contributed by atoms with Gasteiger partial charge in [-0.15, -0.1) is 6.58 Å². The Kier molecular flexibility index (Phi) is 4.14. The molecule has 0 heterocycles. The highest BCUT2D eigenvalue weighted by Crippen LogP contribution is 2.26. The molecule has 0 aliphatic rings. The predicted octanol–water partition coefficient (Wildman–Crippen LogP) is 1.67. The van der Waals surface area contributed by atoms with E-state index in [1.165, 1.54) is 13.0 Å². The zero-order valence-electron chi connectivity index (χ0n) is 8.45. The van der Waals surface area contributed by atoms with Gasteiger partial charge in [-0.2, -0.15) is 0 Å². The highest BCUT2D eigenvalue weighted by Gasteiger charge is 2.35. The van der Waals surface area contributed by atoms with Gasteiger partial charge < -0.3 is 10.2 Å². The van der Waals surface area contributed by atoms with E-state index < -0.39 is 17.5 Å². The van der Waals surface area contributed by atoms with Crippen molar-refractivity contribution in [3.8, 4) is 0 Å². The standard InChI is InChI=1S/C10H18O3/c1-5-8(9(11)12)10(4,13)6-7(2)3/h5,7-8,13H,1,6H2,2-4H3,(H,11,12). The summed E-state index contributed by atoms with van der Waals surface area (Å²) in [6, 6.07) is 0. The number of rotatable bonds is 5. The van der Waals surface area contributed by atoms with Gasteiger partial charge in [-0.1, -0.05) is 19.9 Å². The lowest BCUT2D eigenvalue weighted by Crippen LogP contribution is -2.39. The Morgan fingerprint density at radius 3 is 2.31 bits per heavy atom. The SMILES string of the molecule is C=CC(C(=O)O)C(C)(O)CC(C)C. The first kappa shape index (κ1) is 12.2. The van der Waals surface area contributed by atoms with Crippen molar-refractivity contribution in [3.05, 3.63) is 12.7 Å². The summed E-state index contributed by atoms with van der Waals surface area (Å²) >= 11 is 0. The first-order chi connectivity index (χ1) is 5.81. The molecule has 3 heteroatoms. The lowest BCUT2D eigenvalue weighted by molar-refractivity contribution is -0.148. The molecule has 0 aromatic carbocycles.